The van der Waals surface area contributed by atoms with Crippen molar-refractivity contribution in [3.05, 3.63) is 131 Å². The van der Waals surface area contributed by atoms with E-state index in [-0.39, 0.29) is 5.82 Å². The molecule has 4 aromatic carbocycles. The lowest BCUT2D eigenvalue weighted by Crippen LogP contribution is -2.31. The van der Waals surface area contributed by atoms with Crippen molar-refractivity contribution >= 4 is 5.69 Å². The first-order chi connectivity index (χ1) is 14.7. The number of fused-ring (bicyclic) bond motifs is 2. The molecule has 0 radical (unpaired) electrons. The molecule has 1 N–H and O–H groups in total. The van der Waals surface area contributed by atoms with E-state index >= 15 is 0 Å². The Balaban J connectivity index is 1.95. The van der Waals surface area contributed by atoms with E-state index in [4.69, 9.17) is 4.74 Å². The van der Waals surface area contributed by atoms with Crippen molar-refractivity contribution in [3.63, 3.8) is 0 Å². The van der Waals surface area contributed by atoms with Crippen LogP contribution in [0.5, 0.6) is 5.75 Å². The van der Waals surface area contributed by atoms with Gasteiger partial charge in [-0.05, 0) is 58.1 Å². The number of nitrogens with one attached hydrogen (secondary N) is 1. The van der Waals surface area contributed by atoms with Crippen molar-refractivity contribution in [2.24, 2.45) is 0 Å². The first kappa shape index (κ1) is 18.4. The van der Waals surface area contributed by atoms with E-state index in [0.29, 0.717) is 6.54 Å². The van der Waals surface area contributed by atoms with E-state index < -0.39 is 5.41 Å². The van der Waals surface area contributed by atoms with Gasteiger partial charge in [-0.1, -0.05) is 66.7 Å². The Labute approximate surface area is 176 Å². The van der Waals surface area contributed by atoms with Gasteiger partial charge in [0, 0.05) is 12.2 Å². The maximum absolute atomic E-state index is 13.9. The molecule has 3 heteroatoms. The van der Waals surface area contributed by atoms with Crippen LogP contribution in [0.25, 0.3) is 0 Å². The summed E-state index contributed by atoms with van der Waals surface area (Å²) in [6.45, 7) is 0.680. The Morgan fingerprint density at radius 3 is 2.23 bits per heavy atom. The standard InChI is InChI=1S/C27H22FNO/c1-30-23-15-16-24-19(17-23)18-29-26-10-6-5-9-25(26)27(24,20-7-3-2-4-8-20)21-11-13-22(28)14-12-21/h2-17,29H,18H2,1H3. The first-order valence-corrected chi connectivity index (χ1v) is 10.1. The van der Waals surface area contributed by atoms with Crippen LogP contribution in [-0.4, -0.2) is 7.11 Å². The van der Waals surface area contributed by atoms with Gasteiger partial charge in [-0.25, -0.2) is 4.39 Å². The summed E-state index contributed by atoms with van der Waals surface area (Å²) in [6, 6.07) is 32.0. The number of methoxy groups -OCH3 is 1. The third-order valence-corrected chi connectivity index (χ3v) is 6.00. The van der Waals surface area contributed by atoms with Crippen LogP contribution in [0.1, 0.15) is 27.8 Å². The largest absolute Gasteiger partial charge is 0.497 e. The fourth-order valence-corrected chi connectivity index (χ4v) is 4.69. The Morgan fingerprint density at radius 1 is 0.767 bits per heavy atom. The van der Waals surface area contributed by atoms with Crippen LogP contribution in [0, 0.1) is 5.82 Å². The zero-order valence-corrected chi connectivity index (χ0v) is 16.7. The van der Waals surface area contributed by atoms with Gasteiger partial charge in [0.1, 0.15) is 11.6 Å². The molecular formula is C27H22FNO. The molecule has 0 saturated carbocycles. The smallest absolute Gasteiger partial charge is 0.123 e. The summed E-state index contributed by atoms with van der Waals surface area (Å²) in [4.78, 5) is 0. The molecule has 2 nitrogen and oxygen atoms in total. The minimum Gasteiger partial charge on any atom is -0.497 e. The summed E-state index contributed by atoms with van der Waals surface area (Å²) in [6.07, 6.45) is 0. The third kappa shape index (κ3) is 2.78. The topological polar surface area (TPSA) is 21.3 Å². The molecule has 0 fully saturated rings. The highest BCUT2D eigenvalue weighted by Crippen LogP contribution is 2.50. The minimum absolute atomic E-state index is 0.239. The number of rotatable bonds is 3. The van der Waals surface area contributed by atoms with E-state index in [1.165, 1.54) is 5.56 Å². The molecular weight excluding hydrogens is 373 g/mol. The number of hydrogen-bond donors (Lipinski definition) is 1. The predicted octanol–water partition coefficient (Wildman–Crippen LogP) is 6.14. The van der Waals surface area contributed by atoms with E-state index in [1.807, 2.05) is 30.3 Å². The molecule has 0 aliphatic carbocycles. The second kappa shape index (κ2) is 7.34. The molecule has 0 spiro atoms. The Morgan fingerprint density at radius 2 is 1.47 bits per heavy atom. The molecule has 1 heterocycles. The van der Waals surface area contributed by atoms with Crippen LogP contribution >= 0.6 is 0 Å². The number of para-hydroxylation sites is 1. The van der Waals surface area contributed by atoms with Gasteiger partial charge in [-0.3, -0.25) is 0 Å². The van der Waals surface area contributed by atoms with Crippen molar-refractivity contribution in [1.82, 2.24) is 0 Å². The number of anilines is 1. The SMILES string of the molecule is COc1ccc2c(c1)CNc1ccccc1C2(c1ccccc1)c1ccc(F)cc1. The van der Waals surface area contributed by atoms with E-state index in [9.17, 15) is 4.39 Å². The van der Waals surface area contributed by atoms with Gasteiger partial charge in [0.25, 0.3) is 0 Å². The van der Waals surface area contributed by atoms with E-state index in [2.05, 4.69) is 59.9 Å². The maximum atomic E-state index is 13.9. The highest BCUT2D eigenvalue weighted by molar-refractivity contribution is 5.71. The second-order valence-electron chi connectivity index (χ2n) is 7.55. The maximum Gasteiger partial charge on any atom is 0.123 e. The van der Waals surface area contributed by atoms with Crippen molar-refractivity contribution in [2.45, 2.75) is 12.0 Å². The highest BCUT2D eigenvalue weighted by Gasteiger charge is 2.42. The quantitative estimate of drug-likeness (QED) is 0.450. The molecule has 0 amide bonds. The molecule has 30 heavy (non-hydrogen) atoms. The van der Waals surface area contributed by atoms with E-state index in [0.717, 1.165) is 33.7 Å². The minimum atomic E-state index is -0.587. The lowest BCUT2D eigenvalue weighted by molar-refractivity contribution is 0.414. The van der Waals surface area contributed by atoms with Gasteiger partial charge in [-0.15, -0.1) is 0 Å². The van der Waals surface area contributed by atoms with E-state index in [1.54, 1.807) is 19.2 Å². The monoisotopic (exact) mass is 395 g/mol. The van der Waals surface area contributed by atoms with Crippen molar-refractivity contribution in [3.8, 4) is 5.75 Å². The predicted molar refractivity (Wildman–Crippen MR) is 119 cm³/mol. The van der Waals surface area contributed by atoms with Crippen LogP contribution in [0.3, 0.4) is 0 Å². The fourth-order valence-electron chi connectivity index (χ4n) is 4.69. The third-order valence-electron chi connectivity index (χ3n) is 6.00. The molecule has 148 valence electrons. The van der Waals surface area contributed by atoms with Crippen LogP contribution in [0.2, 0.25) is 0 Å². The Kier molecular flexibility index (Phi) is 4.51. The molecule has 1 unspecified atom stereocenters. The normalized spacial score (nSPS) is 17.3. The molecule has 4 aromatic rings. The van der Waals surface area contributed by atoms with Crippen LogP contribution in [0.4, 0.5) is 10.1 Å². The van der Waals surface area contributed by atoms with Crippen LogP contribution < -0.4 is 10.1 Å². The molecule has 0 bridgehead atoms. The molecule has 5 rings (SSSR count). The van der Waals surface area contributed by atoms with Crippen molar-refractivity contribution in [2.75, 3.05) is 12.4 Å². The molecule has 0 aromatic heterocycles. The lowest BCUT2D eigenvalue weighted by atomic mass is 9.64. The molecule has 1 aliphatic rings. The summed E-state index contributed by atoms with van der Waals surface area (Å²) in [5.41, 5.74) is 6.11. The number of ether oxygens (including phenoxy) is 1. The average molecular weight is 395 g/mol. The highest BCUT2D eigenvalue weighted by atomic mass is 19.1. The summed E-state index contributed by atoms with van der Waals surface area (Å²) in [5, 5.41) is 3.61. The second-order valence-corrected chi connectivity index (χ2v) is 7.55. The first-order valence-electron chi connectivity index (χ1n) is 10.1. The van der Waals surface area contributed by atoms with Gasteiger partial charge in [0.2, 0.25) is 0 Å². The van der Waals surface area contributed by atoms with Gasteiger partial charge in [0.15, 0.2) is 0 Å². The lowest BCUT2D eigenvalue weighted by Gasteiger charge is -2.37. The molecule has 0 saturated heterocycles. The van der Waals surface area contributed by atoms with Gasteiger partial charge in [-0.2, -0.15) is 0 Å². The van der Waals surface area contributed by atoms with Crippen molar-refractivity contribution in [1.29, 1.82) is 0 Å². The van der Waals surface area contributed by atoms with Gasteiger partial charge < -0.3 is 10.1 Å². The number of benzene rings is 4. The summed E-state index contributed by atoms with van der Waals surface area (Å²) < 4.78 is 19.4. The molecule has 1 aliphatic heterocycles. The number of hydrogen-bond acceptors (Lipinski definition) is 2. The van der Waals surface area contributed by atoms with Crippen molar-refractivity contribution < 1.29 is 9.13 Å². The molecule has 1 atom stereocenters. The Bertz CT molecular complexity index is 1190. The zero-order chi connectivity index (χ0) is 20.6. The fraction of sp³-hybridized carbons (Fsp3) is 0.111. The zero-order valence-electron chi connectivity index (χ0n) is 16.7. The summed E-state index contributed by atoms with van der Waals surface area (Å²) in [5.74, 6) is 0.583. The number of halogens is 1. The average Bonchev–Trinajstić information content (AvgIpc) is 2.95. The Hall–Kier alpha value is -3.59. The van der Waals surface area contributed by atoms with Crippen LogP contribution in [-0.2, 0) is 12.0 Å². The van der Waals surface area contributed by atoms with Gasteiger partial charge in [0.05, 0.1) is 12.5 Å². The summed E-state index contributed by atoms with van der Waals surface area (Å²) >= 11 is 0. The van der Waals surface area contributed by atoms with Gasteiger partial charge >= 0.3 is 0 Å². The summed E-state index contributed by atoms with van der Waals surface area (Å²) in [7, 11) is 1.69. The van der Waals surface area contributed by atoms with Crippen LogP contribution in [0.15, 0.2) is 97.1 Å².